The van der Waals surface area contributed by atoms with Gasteiger partial charge in [0.05, 0.1) is 0 Å². The summed E-state index contributed by atoms with van der Waals surface area (Å²) in [6.45, 7) is 0. The minimum Gasteiger partial charge on any atom is -0.366 e. The highest BCUT2D eigenvalue weighted by molar-refractivity contribution is 5.13. The van der Waals surface area contributed by atoms with Crippen LogP contribution < -0.4 is 5.73 Å². The topological polar surface area (TPSA) is 56.7 Å². The fourth-order valence-electron chi connectivity index (χ4n) is 1.40. The zero-order valence-electron chi connectivity index (χ0n) is 7.32. The molecule has 0 aromatic carbocycles. The van der Waals surface area contributed by atoms with Crippen molar-refractivity contribution in [1.29, 1.82) is 0 Å². The maximum Gasteiger partial charge on any atom is 0.239 e. The lowest BCUT2D eigenvalue weighted by Gasteiger charge is -1.96. The third kappa shape index (κ3) is 1.57. The van der Waals surface area contributed by atoms with E-state index >= 15 is 0 Å². The molecule has 2 N–H and O–H groups in total. The van der Waals surface area contributed by atoms with Crippen LogP contribution in [0.1, 0.15) is 25.1 Å². The Morgan fingerprint density at radius 1 is 1.58 bits per heavy atom. The average Bonchev–Trinajstić information content (AvgIpc) is 2.76. The van der Waals surface area contributed by atoms with Gasteiger partial charge in [0.25, 0.3) is 0 Å². The van der Waals surface area contributed by atoms with Gasteiger partial charge < -0.3 is 5.73 Å². The summed E-state index contributed by atoms with van der Waals surface area (Å²) in [5, 5.41) is 3.99. The van der Waals surface area contributed by atoms with E-state index in [1.165, 1.54) is 19.3 Å². The van der Waals surface area contributed by atoms with Crippen LogP contribution in [0.25, 0.3) is 0 Å². The predicted molar refractivity (Wildman–Crippen MR) is 46.5 cm³/mol. The second-order valence-electron chi connectivity index (χ2n) is 3.49. The van der Waals surface area contributed by atoms with E-state index in [4.69, 9.17) is 5.73 Å². The SMILES string of the molecule is Cn1nc(N)nc1CCC1CC1. The molecule has 0 bridgehead atoms. The molecule has 0 aliphatic heterocycles. The molecule has 66 valence electrons. The smallest absolute Gasteiger partial charge is 0.239 e. The average molecular weight is 166 g/mol. The highest BCUT2D eigenvalue weighted by atomic mass is 15.4. The molecule has 1 aliphatic rings. The minimum absolute atomic E-state index is 0.392. The molecule has 2 rings (SSSR count). The lowest BCUT2D eigenvalue weighted by Crippen LogP contribution is -1.99. The largest absolute Gasteiger partial charge is 0.366 e. The van der Waals surface area contributed by atoms with Gasteiger partial charge in [-0.2, -0.15) is 4.98 Å². The van der Waals surface area contributed by atoms with Gasteiger partial charge in [0.1, 0.15) is 5.82 Å². The molecule has 4 nitrogen and oxygen atoms in total. The summed E-state index contributed by atoms with van der Waals surface area (Å²) in [6.07, 6.45) is 5.05. The van der Waals surface area contributed by atoms with Crippen LogP contribution in [0.3, 0.4) is 0 Å². The summed E-state index contributed by atoms with van der Waals surface area (Å²) >= 11 is 0. The standard InChI is InChI=1S/C8H14N4/c1-12-7(10-8(9)11-12)5-4-6-2-3-6/h6H,2-5H2,1H3,(H2,9,11). The van der Waals surface area contributed by atoms with Gasteiger partial charge in [0.2, 0.25) is 5.95 Å². The van der Waals surface area contributed by atoms with Crippen molar-refractivity contribution in [3.8, 4) is 0 Å². The van der Waals surface area contributed by atoms with Crippen molar-refractivity contribution in [3.63, 3.8) is 0 Å². The van der Waals surface area contributed by atoms with Crippen LogP contribution >= 0.6 is 0 Å². The Bertz CT molecular complexity index is 275. The van der Waals surface area contributed by atoms with Crippen molar-refractivity contribution < 1.29 is 0 Å². The number of nitrogen functional groups attached to an aromatic ring is 1. The van der Waals surface area contributed by atoms with Crippen LogP contribution in [0.15, 0.2) is 0 Å². The fourth-order valence-corrected chi connectivity index (χ4v) is 1.40. The van der Waals surface area contributed by atoms with Crippen LogP contribution in [0.5, 0.6) is 0 Å². The van der Waals surface area contributed by atoms with E-state index in [1.807, 2.05) is 7.05 Å². The second kappa shape index (κ2) is 2.77. The molecular formula is C8H14N4. The van der Waals surface area contributed by atoms with E-state index in [0.29, 0.717) is 5.95 Å². The summed E-state index contributed by atoms with van der Waals surface area (Å²) in [5.74, 6) is 2.35. The lowest BCUT2D eigenvalue weighted by atomic mass is 10.2. The van der Waals surface area contributed by atoms with Crippen LogP contribution in [0.4, 0.5) is 5.95 Å². The van der Waals surface area contributed by atoms with Crippen LogP contribution in [0.2, 0.25) is 0 Å². The molecule has 1 aromatic heterocycles. The molecule has 1 saturated carbocycles. The second-order valence-corrected chi connectivity index (χ2v) is 3.49. The summed E-state index contributed by atoms with van der Waals surface area (Å²) in [5.41, 5.74) is 5.46. The van der Waals surface area contributed by atoms with Gasteiger partial charge in [-0.15, -0.1) is 5.10 Å². The zero-order valence-corrected chi connectivity index (χ0v) is 7.32. The Morgan fingerprint density at radius 3 is 2.83 bits per heavy atom. The Labute approximate surface area is 71.8 Å². The van der Waals surface area contributed by atoms with Gasteiger partial charge in [0.15, 0.2) is 0 Å². The Kier molecular flexibility index (Phi) is 1.75. The molecule has 0 radical (unpaired) electrons. The third-order valence-electron chi connectivity index (χ3n) is 2.34. The minimum atomic E-state index is 0.392. The summed E-state index contributed by atoms with van der Waals surface area (Å²) in [4.78, 5) is 4.14. The molecule has 1 aromatic rings. The number of aromatic nitrogens is 3. The van der Waals surface area contributed by atoms with Crippen LogP contribution in [-0.2, 0) is 13.5 Å². The van der Waals surface area contributed by atoms with E-state index in [0.717, 1.165) is 18.2 Å². The quantitative estimate of drug-likeness (QED) is 0.720. The van der Waals surface area contributed by atoms with Crippen molar-refractivity contribution in [3.05, 3.63) is 5.82 Å². The first kappa shape index (κ1) is 7.58. The summed E-state index contributed by atoms with van der Waals surface area (Å²) in [6, 6.07) is 0. The first-order valence-corrected chi connectivity index (χ1v) is 4.41. The normalized spacial score (nSPS) is 16.8. The maximum absolute atomic E-state index is 5.46. The van der Waals surface area contributed by atoms with E-state index in [-0.39, 0.29) is 0 Å². The molecule has 0 spiro atoms. The van der Waals surface area contributed by atoms with Crippen molar-refractivity contribution >= 4 is 5.95 Å². The van der Waals surface area contributed by atoms with E-state index in [9.17, 15) is 0 Å². The number of aryl methyl sites for hydroxylation is 2. The first-order chi connectivity index (χ1) is 5.75. The zero-order chi connectivity index (χ0) is 8.55. The van der Waals surface area contributed by atoms with E-state index < -0.39 is 0 Å². The summed E-state index contributed by atoms with van der Waals surface area (Å²) in [7, 11) is 1.89. The molecule has 0 saturated heterocycles. The van der Waals surface area contributed by atoms with Crippen molar-refractivity contribution in [2.75, 3.05) is 5.73 Å². The van der Waals surface area contributed by atoms with Gasteiger partial charge in [-0.05, 0) is 12.3 Å². The summed E-state index contributed by atoms with van der Waals surface area (Å²) < 4.78 is 1.78. The molecule has 1 fully saturated rings. The van der Waals surface area contributed by atoms with E-state index in [2.05, 4.69) is 10.1 Å². The van der Waals surface area contributed by atoms with Crippen molar-refractivity contribution in [1.82, 2.24) is 14.8 Å². The Balaban J connectivity index is 1.96. The number of rotatable bonds is 3. The number of nitrogens with zero attached hydrogens (tertiary/aromatic N) is 3. The molecule has 0 unspecified atom stereocenters. The molecule has 4 heteroatoms. The molecule has 0 amide bonds. The Hall–Kier alpha value is -1.06. The van der Waals surface area contributed by atoms with E-state index in [1.54, 1.807) is 4.68 Å². The first-order valence-electron chi connectivity index (χ1n) is 4.41. The molecule has 1 heterocycles. The number of anilines is 1. The van der Waals surface area contributed by atoms with Gasteiger partial charge in [-0.1, -0.05) is 12.8 Å². The highest BCUT2D eigenvalue weighted by Gasteiger charge is 2.21. The maximum atomic E-state index is 5.46. The Morgan fingerprint density at radius 2 is 2.33 bits per heavy atom. The fraction of sp³-hybridized carbons (Fsp3) is 0.750. The molecular weight excluding hydrogens is 152 g/mol. The molecule has 12 heavy (non-hydrogen) atoms. The number of hydrogen-bond donors (Lipinski definition) is 1. The third-order valence-corrected chi connectivity index (χ3v) is 2.34. The number of nitrogens with two attached hydrogens (primary N) is 1. The predicted octanol–water partition coefficient (Wildman–Crippen LogP) is 0.740. The van der Waals surface area contributed by atoms with Gasteiger partial charge in [-0.25, -0.2) is 0 Å². The van der Waals surface area contributed by atoms with Crippen molar-refractivity contribution in [2.24, 2.45) is 13.0 Å². The highest BCUT2D eigenvalue weighted by Crippen LogP contribution is 2.33. The van der Waals surface area contributed by atoms with Gasteiger partial charge in [-0.3, -0.25) is 4.68 Å². The van der Waals surface area contributed by atoms with Crippen LogP contribution in [0, 0.1) is 5.92 Å². The van der Waals surface area contributed by atoms with Gasteiger partial charge in [0, 0.05) is 13.5 Å². The van der Waals surface area contributed by atoms with Crippen molar-refractivity contribution in [2.45, 2.75) is 25.7 Å². The molecule has 0 atom stereocenters. The lowest BCUT2D eigenvalue weighted by molar-refractivity contribution is 0.641. The van der Waals surface area contributed by atoms with Gasteiger partial charge >= 0.3 is 0 Å². The van der Waals surface area contributed by atoms with Crippen LogP contribution in [-0.4, -0.2) is 14.8 Å². The number of hydrogen-bond acceptors (Lipinski definition) is 3. The monoisotopic (exact) mass is 166 g/mol. The molecule has 1 aliphatic carbocycles.